The van der Waals surface area contributed by atoms with E-state index in [0.717, 1.165) is 19.0 Å². The molecular formula is C13H18N2O. The Morgan fingerprint density at radius 3 is 2.81 bits per heavy atom. The van der Waals surface area contributed by atoms with Crippen molar-refractivity contribution >= 4 is 5.82 Å². The number of anilines is 1. The van der Waals surface area contributed by atoms with E-state index in [1.165, 1.54) is 12.0 Å². The number of morpholine rings is 1. The molecular weight excluding hydrogens is 200 g/mol. The Bertz CT molecular complexity index is 374. The van der Waals surface area contributed by atoms with Crippen LogP contribution < -0.4 is 4.90 Å². The van der Waals surface area contributed by atoms with Crippen molar-refractivity contribution in [1.82, 2.24) is 4.98 Å². The molecule has 3 nitrogen and oxygen atoms in total. The van der Waals surface area contributed by atoms with E-state index in [-0.39, 0.29) is 0 Å². The summed E-state index contributed by atoms with van der Waals surface area (Å²) < 4.78 is 5.60. The molecule has 0 radical (unpaired) electrons. The van der Waals surface area contributed by atoms with Crippen LogP contribution in [0.3, 0.4) is 0 Å². The van der Waals surface area contributed by atoms with Gasteiger partial charge in [0.15, 0.2) is 0 Å². The number of nitrogens with zero attached hydrogens (tertiary/aromatic N) is 2. The van der Waals surface area contributed by atoms with E-state index in [4.69, 9.17) is 4.74 Å². The molecule has 2 bridgehead atoms. The summed E-state index contributed by atoms with van der Waals surface area (Å²) in [6.45, 7) is 6.28. The van der Waals surface area contributed by atoms with Gasteiger partial charge in [-0.3, -0.25) is 0 Å². The van der Waals surface area contributed by atoms with Gasteiger partial charge in [-0.05, 0) is 24.0 Å². The fourth-order valence-electron chi connectivity index (χ4n) is 2.59. The van der Waals surface area contributed by atoms with Gasteiger partial charge in [0.2, 0.25) is 0 Å². The van der Waals surface area contributed by atoms with E-state index in [1.807, 2.05) is 6.20 Å². The molecule has 3 heterocycles. The monoisotopic (exact) mass is 218 g/mol. The first-order chi connectivity index (χ1) is 7.74. The Balaban J connectivity index is 1.80. The van der Waals surface area contributed by atoms with Gasteiger partial charge in [-0.2, -0.15) is 0 Å². The summed E-state index contributed by atoms with van der Waals surface area (Å²) in [6, 6.07) is 4.90. The summed E-state index contributed by atoms with van der Waals surface area (Å²) in [6.07, 6.45) is 3.62. The number of ether oxygens (including phenoxy) is 1. The van der Waals surface area contributed by atoms with Crippen molar-refractivity contribution in [1.29, 1.82) is 0 Å². The van der Waals surface area contributed by atoms with Gasteiger partial charge in [0.05, 0.1) is 18.8 Å². The lowest BCUT2D eigenvalue weighted by Crippen LogP contribution is -2.37. The second kappa shape index (κ2) is 3.74. The number of hydrogen-bond acceptors (Lipinski definition) is 3. The van der Waals surface area contributed by atoms with Gasteiger partial charge in [-0.1, -0.05) is 19.9 Å². The summed E-state index contributed by atoms with van der Waals surface area (Å²) in [7, 11) is 0. The van der Waals surface area contributed by atoms with E-state index in [9.17, 15) is 0 Å². The zero-order valence-electron chi connectivity index (χ0n) is 9.89. The number of fused-ring (bicyclic) bond motifs is 2. The van der Waals surface area contributed by atoms with Crippen molar-refractivity contribution in [2.45, 2.75) is 38.3 Å². The topological polar surface area (TPSA) is 25.4 Å². The van der Waals surface area contributed by atoms with Crippen LogP contribution in [-0.4, -0.2) is 30.3 Å². The van der Waals surface area contributed by atoms with Gasteiger partial charge in [0.1, 0.15) is 5.82 Å². The lowest BCUT2D eigenvalue weighted by molar-refractivity contribution is 0.0989. The van der Waals surface area contributed by atoms with Gasteiger partial charge in [0, 0.05) is 12.7 Å². The van der Waals surface area contributed by atoms with Crippen molar-refractivity contribution < 1.29 is 4.74 Å². The van der Waals surface area contributed by atoms with Gasteiger partial charge in [0.25, 0.3) is 0 Å². The minimum absolute atomic E-state index is 0.441. The van der Waals surface area contributed by atoms with Crippen LogP contribution >= 0.6 is 0 Å². The molecule has 86 valence electrons. The summed E-state index contributed by atoms with van der Waals surface area (Å²) in [5.74, 6) is 1.67. The Morgan fingerprint density at radius 1 is 1.44 bits per heavy atom. The Morgan fingerprint density at radius 2 is 2.31 bits per heavy atom. The number of aromatic nitrogens is 1. The van der Waals surface area contributed by atoms with Crippen LogP contribution in [0, 0.1) is 0 Å². The van der Waals surface area contributed by atoms with Gasteiger partial charge in [-0.25, -0.2) is 4.98 Å². The smallest absolute Gasteiger partial charge is 0.128 e. The highest BCUT2D eigenvalue weighted by atomic mass is 16.5. The highest BCUT2D eigenvalue weighted by molar-refractivity contribution is 5.43. The van der Waals surface area contributed by atoms with Crippen LogP contribution in [0.2, 0.25) is 0 Å². The summed E-state index contributed by atoms with van der Waals surface area (Å²) in [4.78, 5) is 6.96. The first kappa shape index (κ1) is 10.1. The highest BCUT2D eigenvalue weighted by Gasteiger charge is 2.39. The second-order valence-electron chi connectivity index (χ2n) is 5.10. The standard InChI is InChI=1S/C13H18N2O/c1-9(2)10-3-4-13(14-6-10)15-7-12-5-11(15)8-16-12/h3-4,6,9,11-12H,5,7-8H2,1-2H3/t11-,12-/m0/s1. The van der Waals surface area contributed by atoms with Crippen LogP contribution in [0.15, 0.2) is 18.3 Å². The number of hydrogen-bond donors (Lipinski definition) is 0. The van der Waals surface area contributed by atoms with Gasteiger partial charge >= 0.3 is 0 Å². The minimum atomic E-state index is 0.441. The van der Waals surface area contributed by atoms with Gasteiger partial charge < -0.3 is 9.64 Å². The van der Waals surface area contributed by atoms with Crippen molar-refractivity contribution in [2.24, 2.45) is 0 Å². The predicted octanol–water partition coefficient (Wildman–Crippen LogP) is 2.18. The van der Waals surface area contributed by atoms with Crippen LogP contribution in [0.4, 0.5) is 5.82 Å². The quantitative estimate of drug-likeness (QED) is 0.760. The molecule has 3 heteroatoms. The third-order valence-corrected chi connectivity index (χ3v) is 3.63. The van der Waals surface area contributed by atoms with Crippen LogP contribution in [0.5, 0.6) is 0 Å². The Kier molecular flexibility index (Phi) is 2.36. The molecule has 16 heavy (non-hydrogen) atoms. The summed E-state index contributed by atoms with van der Waals surface area (Å²) >= 11 is 0. The first-order valence-corrected chi connectivity index (χ1v) is 6.08. The summed E-state index contributed by atoms with van der Waals surface area (Å²) in [5.41, 5.74) is 1.31. The number of pyridine rings is 1. The van der Waals surface area contributed by atoms with Crippen molar-refractivity contribution in [3.05, 3.63) is 23.9 Å². The van der Waals surface area contributed by atoms with Crippen LogP contribution in [0.25, 0.3) is 0 Å². The summed E-state index contributed by atoms with van der Waals surface area (Å²) in [5, 5.41) is 0. The SMILES string of the molecule is CC(C)c1ccc(N2C[C@@H]3C[C@H]2CO3)nc1. The minimum Gasteiger partial charge on any atom is -0.374 e. The van der Waals surface area contributed by atoms with Crippen molar-refractivity contribution in [2.75, 3.05) is 18.1 Å². The van der Waals surface area contributed by atoms with Crippen molar-refractivity contribution in [3.8, 4) is 0 Å². The second-order valence-corrected chi connectivity index (χ2v) is 5.10. The molecule has 2 atom stereocenters. The molecule has 2 saturated heterocycles. The lowest BCUT2D eigenvalue weighted by Gasteiger charge is -2.28. The first-order valence-electron chi connectivity index (χ1n) is 6.08. The maximum Gasteiger partial charge on any atom is 0.128 e. The average Bonchev–Trinajstić information content (AvgIpc) is 2.91. The zero-order valence-corrected chi connectivity index (χ0v) is 9.89. The number of rotatable bonds is 2. The third-order valence-electron chi connectivity index (χ3n) is 3.63. The molecule has 2 aliphatic rings. The zero-order chi connectivity index (χ0) is 11.1. The van der Waals surface area contributed by atoms with Crippen LogP contribution in [0.1, 0.15) is 31.7 Å². The molecule has 3 rings (SSSR count). The normalized spacial score (nSPS) is 28.1. The lowest BCUT2D eigenvalue weighted by atomic mass is 10.1. The van der Waals surface area contributed by atoms with Crippen LogP contribution in [-0.2, 0) is 4.74 Å². The molecule has 0 aliphatic carbocycles. The molecule has 2 aliphatic heterocycles. The maximum atomic E-state index is 5.60. The molecule has 2 fully saturated rings. The van der Waals surface area contributed by atoms with Crippen molar-refractivity contribution in [3.63, 3.8) is 0 Å². The van der Waals surface area contributed by atoms with E-state index in [1.54, 1.807) is 0 Å². The molecule has 0 amide bonds. The molecule has 0 aromatic carbocycles. The molecule has 1 aromatic heterocycles. The van der Waals surface area contributed by atoms with E-state index >= 15 is 0 Å². The Labute approximate surface area is 96.4 Å². The van der Waals surface area contributed by atoms with E-state index < -0.39 is 0 Å². The molecule has 0 spiro atoms. The average molecular weight is 218 g/mol. The maximum absolute atomic E-state index is 5.60. The fraction of sp³-hybridized carbons (Fsp3) is 0.615. The molecule has 0 N–H and O–H groups in total. The third kappa shape index (κ3) is 1.59. The van der Waals surface area contributed by atoms with E-state index in [0.29, 0.717) is 18.1 Å². The predicted molar refractivity (Wildman–Crippen MR) is 63.8 cm³/mol. The molecule has 0 saturated carbocycles. The molecule has 0 unspecified atom stereocenters. The Hall–Kier alpha value is -1.09. The van der Waals surface area contributed by atoms with E-state index in [2.05, 4.69) is 35.9 Å². The fourth-order valence-corrected chi connectivity index (χ4v) is 2.59. The largest absolute Gasteiger partial charge is 0.374 e. The molecule has 1 aromatic rings. The highest BCUT2D eigenvalue weighted by Crippen LogP contribution is 2.31. The van der Waals surface area contributed by atoms with Gasteiger partial charge in [-0.15, -0.1) is 0 Å².